The Morgan fingerprint density at radius 3 is 2.48 bits per heavy atom. The van der Waals surface area contributed by atoms with Gasteiger partial charge in [-0.1, -0.05) is 42.5 Å². The van der Waals surface area contributed by atoms with Crippen LogP contribution in [0.4, 0.5) is 0 Å². The Kier molecular flexibility index (Phi) is 6.65. The molecule has 0 spiro atoms. The van der Waals surface area contributed by atoms with Gasteiger partial charge in [0.05, 0.1) is 25.9 Å². The number of furan rings is 1. The van der Waals surface area contributed by atoms with E-state index in [1.165, 1.54) is 6.07 Å². The van der Waals surface area contributed by atoms with Gasteiger partial charge in [-0.25, -0.2) is 4.79 Å². The van der Waals surface area contributed by atoms with E-state index in [0.717, 1.165) is 5.56 Å². The van der Waals surface area contributed by atoms with Crippen LogP contribution in [0.2, 0.25) is 0 Å². The molecule has 29 heavy (non-hydrogen) atoms. The number of methoxy groups -OCH3 is 1. The number of nitrogens with one attached hydrogen (secondary N) is 1. The predicted octanol–water partition coefficient (Wildman–Crippen LogP) is 3.36. The van der Waals surface area contributed by atoms with Crippen molar-refractivity contribution in [1.82, 2.24) is 5.32 Å². The molecule has 7 heteroatoms. The maximum Gasteiger partial charge on any atom is 0.328 e. The van der Waals surface area contributed by atoms with E-state index >= 15 is 0 Å². The Morgan fingerprint density at radius 1 is 1.03 bits per heavy atom. The zero-order valence-corrected chi connectivity index (χ0v) is 15.8. The van der Waals surface area contributed by atoms with Crippen molar-refractivity contribution in [3.8, 4) is 17.1 Å². The molecule has 1 heterocycles. The molecular formula is C22H21NO6. The van der Waals surface area contributed by atoms with E-state index < -0.39 is 17.9 Å². The van der Waals surface area contributed by atoms with Gasteiger partial charge in [-0.15, -0.1) is 0 Å². The molecule has 0 saturated carbocycles. The number of ether oxygens (including phenoxy) is 2. The fourth-order valence-corrected chi connectivity index (χ4v) is 2.73. The average molecular weight is 395 g/mol. The summed E-state index contributed by atoms with van der Waals surface area (Å²) in [4.78, 5) is 23.9. The molecule has 0 aliphatic carbocycles. The molecule has 2 aromatic carbocycles. The van der Waals surface area contributed by atoms with Crippen molar-refractivity contribution in [3.63, 3.8) is 0 Å². The summed E-state index contributed by atoms with van der Waals surface area (Å²) in [5.74, 6) is -0.781. The van der Waals surface area contributed by atoms with Gasteiger partial charge in [0.25, 0.3) is 5.91 Å². The summed E-state index contributed by atoms with van der Waals surface area (Å²) < 4.78 is 16.3. The van der Waals surface area contributed by atoms with Crippen LogP contribution in [0.5, 0.6) is 5.75 Å². The van der Waals surface area contributed by atoms with Crippen molar-refractivity contribution in [1.29, 1.82) is 0 Å². The SMILES string of the molecule is COc1ccccc1-c1ccc(C(=O)N[C@@H](COCc2ccccc2)C(=O)O)o1. The Bertz CT molecular complexity index is 966. The summed E-state index contributed by atoms with van der Waals surface area (Å²) in [6.45, 7) is 0.0786. The molecule has 0 unspecified atom stereocenters. The smallest absolute Gasteiger partial charge is 0.328 e. The van der Waals surface area contributed by atoms with Crippen molar-refractivity contribution in [2.75, 3.05) is 13.7 Å². The maximum absolute atomic E-state index is 12.4. The summed E-state index contributed by atoms with van der Waals surface area (Å²) in [5.41, 5.74) is 1.60. The largest absolute Gasteiger partial charge is 0.496 e. The molecule has 0 fully saturated rings. The molecule has 0 bridgehead atoms. The highest BCUT2D eigenvalue weighted by molar-refractivity contribution is 5.94. The summed E-state index contributed by atoms with van der Waals surface area (Å²) in [6, 6.07) is 18.5. The molecule has 0 aliphatic heterocycles. The number of carboxylic acid groups (broad SMARTS) is 1. The zero-order valence-electron chi connectivity index (χ0n) is 15.8. The van der Waals surface area contributed by atoms with Gasteiger partial charge in [-0.3, -0.25) is 4.79 Å². The zero-order chi connectivity index (χ0) is 20.6. The summed E-state index contributed by atoms with van der Waals surface area (Å²) in [5, 5.41) is 11.8. The van der Waals surface area contributed by atoms with E-state index in [9.17, 15) is 14.7 Å². The second-order valence-corrected chi connectivity index (χ2v) is 6.23. The lowest BCUT2D eigenvalue weighted by molar-refractivity contribution is -0.141. The first-order valence-corrected chi connectivity index (χ1v) is 8.97. The Morgan fingerprint density at radius 2 is 1.76 bits per heavy atom. The van der Waals surface area contributed by atoms with Crippen molar-refractivity contribution in [2.45, 2.75) is 12.6 Å². The molecule has 3 aromatic rings. The van der Waals surface area contributed by atoms with Gasteiger partial charge in [0.1, 0.15) is 11.5 Å². The van der Waals surface area contributed by atoms with Crippen LogP contribution < -0.4 is 10.1 Å². The highest BCUT2D eigenvalue weighted by Crippen LogP contribution is 2.30. The predicted molar refractivity (Wildman–Crippen MR) is 106 cm³/mol. The van der Waals surface area contributed by atoms with E-state index in [4.69, 9.17) is 13.9 Å². The van der Waals surface area contributed by atoms with Gasteiger partial charge in [-0.05, 0) is 29.8 Å². The Labute approximate surface area is 167 Å². The minimum absolute atomic E-state index is 0.000200. The van der Waals surface area contributed by atoms with E-state index in [1.807, 2.05) is 42.5 Å². The summed E-state index contributed by atoms with van der Waals surface area (Å²) in [7, 11) is 1.54. The first kappa shape index (κ1) is 20.2. The highest BCUT2D eigenvalue weighted by atomic mass is 16.5. The number of aliphatic carboxylic acids is 1. The van der Waals surface area contributed by atoms with Crippen molar-refractivity contribution in [2.24, 2.45) is 0 Å². The first-order chi connectivity index (χ1) is 14.1. The third-order valence-electron chi connectivity index (χ3n) is 4.20. The highest BCUT2D eigenvalue weighted by Gasteiger charge is 2.23. The van der Waals surface area contributed by atoms with Crippen LogP contribution in [-0.2, 0) is 16.1 Å². The quantitative estimate of drug-likeness (QED) is 0.577. The number of carboxylic acids is 1. The minimum Gasteiger partial charge on any atom is -0.496 e. The van der Waals surface area contributed by atoms with E-state index in [0.29, 0.717) is 17.1 Å². The van der Waals surface area contributed by atoms with Crippen LogP contribution in [0.25, 0.3) is 11.3 Å². The number of amides is 1. The third-order valence-corrected chi connectivity index (χ3v) is 4.20. The van der Waals surface area contributed by atoms with Crippen molar-refractivity contribution >= 4 is 11.9 Å². The number of hydrogen-bond donors (Lipinski definition) is 2. The van der Waals surface area contributed by atoms with Crippen LogP contribution in [0.15, 0.2) is 71.1 Å². The molecule has 0 radical (unpaired) electrons. The fraction of sp³-hybridized carbons (Fsp3) is 0.182. The van der Waals surface area contributed by atoms with Gasteiger partial charge in [0, 0.05) is 0 Å². The molecule has 1 amide bonds. The van der Waals surface area contributed by atoms with E-state index in [1.54, 1.807) is 25.3 Å². The molecule has 1 atom stereocenters. The third kappa shape index (κ3) is 5.24. The van der Waals surface area contributed by atoms with Gasteiger partial charge in [0.2, 0.25) is 0 Å². The number of para-hydroxylation sites is 1. The Balaban J connectivity index is 1.63. The van der Waals surface area contributed by atoms with Crippen LogP contribution in [-0.4, -0.2) is 36.7 Å². The summed E-state index contributed by atoms with van der Waals surface area (Å²) >= 11 is 0. The first-order valence-electron chi connectivity index (χ1n) is 8.97. The molecule has 7 nitrogen and oxygen atoms in total. The van der Waals surface area contributed by atoms with Crippen LogP contribution in [0.3, 0.4) is 0 Å². The number of rotatable bonds is 9. The molecular weight excluding hydrogens is 374 g/mol. The van der Waals surface area contributed by atoms with E-state index in [2.05, 4.69) is 5.32 Å². The number of benzene rings is 2. The molecule has 2 N–H and O–H groups in total. The monoisotopic (exact) mass is 395 g/mol. The summed E-state index contributed by atoms with van der Waals surface area (Å²) in [6.07, 6.45) is 0. The molecule has 150 valence electrons. The lowest BCUT2D eigenvalue weighted by Gasteiger charge is -2.14. The minimum atomic E-state index is -1.20. The van der Waals surface area contributed by atoms with Gasteiger partial charge in [-0.2, -0.15) is 0 Å². The van der Waals surface area contributed by atoms with Gasteiger partial charge < -0.3 is 24.3 Å². The number of carbonyl (C=O) groups excluding carboxylic acids is 1. The average Bonchev–Trinajstić information content (AvgIpc) is 3.24. The number of hydrogen-bond acceptors (Lipinski definition) is 5. The van der Waals surface area contributed by atoms with Gasteiger partial charge in [0.15, 0.2) is 11.8 Å². The lowest BCUT2D eigenvalue weighted by atomic mass is 10.1. The lowest BCUT2D eigenvalue weighted by Crippen LogP contribution is -2.43. The second kappa shape index (κ2) is 9.57. The second-order valence-electron chi connectivity index (χ2n) is 6.23. The normalized spacial score (nSPS) is 11.6. The Hall–Kier alpha value is -3.58. The van der Waals surface area contributed by atoms with Crippen LogP contribution in [0, 0.1) is 0 Å². The fourth-order valence-electron chi connectivity index (χ4n) is 2.73. The standard InChI is InChI=1S/C22H21NO6/c1-27-18-10-6-5-9-16(18)19-11-12-20(29-19)21(24)23-17(22(25)26)14-28-13-15-7-3-2-4-8-15/h2-12,17H,13-14H2,1H3,(H,23,24)(H,25,26)/t17-/m0/s1. The van der Waals surface area contributed by atoms with E-state index in [-0.39, 0.29) is 19.0 Å². The van der Waals surface area contributed by atoms with Crippen LogP contribution in [0.1, 0.15) is 16.1 Å². The van der Waals surface area contributed by atoms with Gasteiger partial charge >= 0.3 is 5.97 Å². The topological polar surface area (TPSA) is 98.0 Å². The molecule has 0 aliphatic rings. The molecule has 3 rings (SSSR count). The molecule has 0 saturated heterocycles. The van der Waals surface area contributed by atoms with Crippen LogP contribution >= 0.6 is 0 Å². The maximum atomic E-state index is 12.4. The molecule has 1 aromatic heterocycles. The van der Waals surface area contributed by atoms with Crippen molar-refractivity contribution < 1.29 is 28.6 Å². The van der Waals surface area contributed by atoms with Crippen molar-refractivity contribution in [3.05, 3.63) is 78.1 Å². The number of carbonyl (C=O) groups is 2.